The summed E-state index contributed by atoms with van der Waals surface area (Å²) >= 11 is 0. The van der Waals surface area contributed by atoms with Crippen molar-refractivity contribution in [2.75, 3.05) is 13.7 Å². The van der Waals surface area contributed by atoms with E-state index in [-0.39, 0.29) is 11.4 Å². The highest BCUT2D eigenvalue weighted by Gasteiger charge is 2.20. The van der Waals surface area contributed by atoms with Crippen LogP contribution in [0.1, 0.15) is 19.4 Å². The van der Waals surface area contributed by atoms with Gasteiger partial charge < -0.3 is 9.47 Å². The summed E-state index contributed by atoms with van der Waals surface area (Å²) in [5.41, 5.74) is 3.18. The number of para-hydroxylation sites is 2. The van der Waals surface area contributed by atoms with Crippen LogP contribution in [0, 0.1) is 5.82 Å². The summed E-state index contributed by atoms with van der Waals surface area (Å²) in [6.07, 6.45) is 0. The van der Waals surface area contributed by atoms with Gasteiger partial charge in [0.25, 0.3) is 5.56 Å². The smallest absolute Gasteiger partial charge is 0.280 e. The van der Waals surface area contributed by atoms with Crippen LogP contribution >= 0.6 is 0 Å². The van der Waals surface area contributed by atoms with Crippen molar-refractivity contribution in [1.29, 1.82) is 0 Å². The molecule has 0 aliphatic rings. The number of nitrogens with zero attached hydrogens (tertiary/aromatic N) is 2. The Hall–Kier alpha value is -4.13. The lowest BCUT2D eigenvalue weighted by molar-refractivity contribution is 0.341. The molecule has 4 rings (SSSR count). The summed E-state index contributed by atoms with van der Waals surface area (Å²) in [7, 11) is 1.60. The summed E-state index contributed by atoms with van der Waals surface area (Å²) in [4.78, 5) is 18.2. The summed E-state index contributed by atoms with van der Waals surface area (Å²) < 4.78 is 25.8. The maximum Gasteiger partial charge on any atom is 0.280 e. The van der Waals surface area contributed by atoms with E-state index in [9.17, 15) is 9.18 Å². The van der Waals surface area contributed by atoms with Crippen molar-refractivity contribution in [3.8, 4) is 28.4 Å². The number of methoxy groups -OCH3 is 1. The van der Waals surface area contributed by atoms with E-state index < -0.39 is 0 Å². The topological polar surface area (TPSA) is 68.6 Å². The van der Waals surface area contributed by atoms with Crippen LogP contribution in [0.25, 0.3) is 16.9 Å². The average molecular weight is 445 g/mol. The van der Waals surface area contributed by atoms with Crippen LogP contribution in [0.15, 0.2) is 82.6 Å². The Morgan fingerprint density at radius 3 is 2.39 bits per heavy atom. The fourth-order valence-corrected chi connectivity index (χ4v) is 3.58. The number of aromatic amines is 1. The van der Waals surface area contributed by atoms with Gasteiger partial charge in [-0.05, 0) is 74.5 Å². The molecule has 1 aromatic heterocycles. The van der Waals surface area contributed by atoms with Crippen LogP contribution in [0.5, 0.6) is 11.5 Å². The van der Waals surface area contributed by atoms with Gasteiger partial charge in [0.15, 0.2) is 0 Å². The molecule has 4 aromatic rings. The Morgan fingerprint density at radius 1 is 1.03 bits per heavy atom. The minimum Gasteiger partial charge on any atom is -0.497 e. The third kappa shape index (κ3) is 4.57. The Balaban J connectivity index is 1.90. The van der Waals surface area contributed by atoms with Gasteiger partial charge in [0.05, 0.1) is 36.4 Å². The number of halogens is 1. The number of aliphatic imine (C=N–C) groups is 1. The molecule has 0 atom stereocenters. The van der Waals surface area contributed by atoms with E-state index in [1.165, 1.54) is 16.8 Å². The minimum atomic E-state index is -0.376. The first-order valence-electron chi connectivity index (χ1n) is 10.5. The fourth-order valence-electron chi connectivity index (χ4n) is 3.58. The van der Waals surface area contributed by atoms with Crippen molar-refractivity contribution in [3.05, 3.63) is 94.5 Å². The molecule has 0 fully saturated rings. The lowest BCUT2D eigenvalue weighted by atomic mass is 10.0. The molecule has 0 amide bonds. The highest BCUT2D eigenvalue weighted by atomic mass is 19.1. The normalized spacial score (nSPS) is 11.5. The lowest BCUT2D eigenvalue weighted by Crippen LogP contribution is -2.19. The Kier molecular flexibility index (Phi) is 6.40. The van der Waals surface area contributed by atoms with Gasteiger partial charge in [-0.2, -0.15) is 0 Å². The minimum absolute atomic E-state index is 0.289. The van der Waals surface area contributed by atoms with Crippen molar-refractivity contribution < 1.29 is 13.9 Å². The molecule has 0 unspecified atom stereocenters. The van der Waals surface area contributed by atoms with Crippen molar-refractivity contribution in [2.45, 2.75) is 13.8 Å². The largest absolute Gasteiger partial charge is 0.497 e. The zero-order chi connectivity index (χ0) is 23.4. The molecule has 6 nitrogen and oxygen atoms in total. The van der Waals surface area contributed by atoms with Gasteiger partial charge in [0.2, 0.25) is 0 Å². The van der Waals surface area contributed by atoms with Crippen LogP contribution in [0.4, 0.5) is 10.1 Å². The number of aromatic nitrogens is 2. The number of rotatable bonds is 7. The molecule has 7 heteroatoms. The fraction of sp³-hybridized carbons (Fsp3) is 0.154. The van der Waals surface area contributed by atoms with Crippen molar-refractivity contribution >= 4 is 11.4 Å². The summed E-state index contributed by atoms with van der Waals surface area (Å²) in [5.74, 6) is 0.968. The Bertz CT molecular complexity index is 1340. The van der Waals surface area contributed by atoms with Crippen LogP contribution in [0.3, 0.4) is 0 Å². The van der Waals surface area contributed by atoms with Gasteiger partial charge in [-0.15, -0.1) is 0 Å². The van der Waals surface area contributed by atoms with E-state index in [0.717, 1.165) is 5.56 Å². The average Bonchev–Trinajstić information content (AvgIpc) is 3.18. The molecule has 1 heterocycles. The first-order valence-corrected chi connectivity index (χ1v) is 10.5. The van der Waals surface area contributed by atoms with E-state index in [1.54, 1.807) is 26.2 Å². The molecule has 0 spiro atoms. The van der Waals surface area contributed by atoms with Gasteiger partial charge in [0.1, 0.15) is 23.0 Å². The zero-order valence-corrected chi connectivity index (χ0v) is 18.6. The molecule has 0 aliphatic carbocycles. The third-order valence-corrected chi connectivity index (χ3v) is 5.17. The van der Waals surface area contributed by atoms with E-state index >= 15 is 0 Å². The van der Waals surface area contributed by atoms with Crippen LogP contribution in [-0.2, 0) is 0 Å². The first-order chi connectivity index (χ1) is 16.0. The SMILES string of the molecule is CCOc1ccccc1N=C(C)c1c(-c2ccc(OC)cc2)[nH]n(-c2ccc(F)cc2)c1=O. The summed E-state index contributed by atoms with van der Waals surface area (Å²) in [5, 5.41) is 3.17. The number of nitrogens with one attached hydrogen (secondary N) is 1. The quantitative estimate of drug-likeness (QED) is 0.381. The molecule has 168 valence electrons. The number of benzene rings is 3. The van der Waals surface area contributed by atoms with E-state index in [0.29, 0.717) is 46.4 Å². The number of hydrogen-bond acceptors (Lipinski definition) is 4. The van der Waals surface area contributed by atoms with Crippen LogP contribution in [-0.4, -0.2) is 29.2 Å². The zero-order valence-electron chi connectivity index (χ0n) is 18.6. The van der Waals surface area contributed by atoms with Crippen LogP contribution in [0.2, 0.25) is 0 Å². The van der Waals surface area contributed by atoms with E-state index in [4.69, 9.17) is 14.5 Å². The van der Waals surface area contributed by atoms with Gasteiger partial charge in [-0.1, -0.05) is 12.1 Å². The Labute approximate surface area is 190 Å². The van der Waals surface area contributed by atoms with Crippen molar-refractivity contribution in [1.82, 2.24) is 9.78 Å². The monoisotopic (exact) mass is 445 g/mol. The lowest BCUT2D eigenvalue weighted by Gasteiger charge is -2.08. The predicted molar refractivity (Wildman–Crippen MR) is 128 cm³/mol. The molecule has 33 heavy (non-hydrogen) atoms. The van der Waals surface area contributed by atoms with E-state index in [1.807, 2.05) is 55.5 Å². The third-order valence-electron chi connectivity index (χ3n) is 5.17. The van der Waals surface area contributed by atoms with Crippen molar-refractivity contribution in [3.63, 3.8) is 0 Å². The maximum absolute atomic E-state index is 13.5. The van der Waals surface area contributed by atoms with Gasteiger partial charge in [0, 0.05) is 5.56 Å². The second-order valence-electron chi connectivity index (χ2n) is 7.31. The molecular formula is C26H24FN3O3. The standard InChI is InChI=1S/C26H24FN3O3/c1-4-33-23-8-6-5-7-22(23)28-17(2)24-25(18-9-15-21(32-3)16-10-18)29-30(26(24)31)20-13-11-19(27)12-14-20/h5-16,29H,4H2,1-3H3. The molecule has 0 aliphatic heterocycles. The molecule has 0 bridgehead atoms. The predicted octanol–water partition coefficient (Wildman–Crippen LogP) is 5.52. The molecule has 1 N–H and O–H groups in total. The van der Waals surface area contributed by atoms with E-state index in [2.05, 4.69) is 5.10 Å². The number of ether oxygens (including phenoxy) is 2. The first kappa shape index (κ1) is 22.1. The number of hydrogen-bond donors (Lipinski definition) is 1. The van der Waals surface area contributed by atoms with Gasteiger partial charge >= 0.3 is 0 Å². The maximum atomic E-state index is 13.5. The second kappa shape index (κ2) is 9.56. The number of H-pyrrole nitrogens is 1. The van der Waals surface area contributed by atoms with Crippen LogP contribution < -0.4 is 15.0 Å². The second-order valence-corrected chi connectivity index (χ2v) is 7.31. The Morgan fingerprint density at radius 2 is 1.73 bits per heavy atom. The molecular weight excluding hydrogens is 421 g/mol. The molecule has 0 saturated carbocycles. The van der Waals surface area contributed by atoms with Gasteiger partial charge in [-0.3, -0.25) is 9.89 Å². The highest BCUT2D eigenvalue weighted by molar-refractivity contribution is 6.05. The molecule has 0 radical (unpaired) electrons. The summed E-state index contributed by atoms with van der Waals surface area (Å²) in [6.45, 7) is 4.20. The summed E-state index contributed by atoms with van der Waals surface area (Å²) in [6, 6.07) is 20.5. The van der Waals surface area contributed by atoms with Crippen molar-refractivity contribution in [2.24, 2.45) is 4.99 Å². The molecule has 3 aromatic carbocycles. The molecule has 0 saturated heterocycles. The van der Waals surface area contributed by atoms with Gasteiger partial charge in [-0.25, -0.2) is 14.1 Å². The highest BCUT2D eigenvalue weighted by Crippen LogP contribution is 2.29.